The third kappa shape index (κ3) is 3.09. The number of benzene rings is 2. The maximum absolute atomic E-state index is 10.2. The topological polar surface area (TPSA) is 63.1 Å². The molecule has 0 amide bonds. The number of hydrogen-bond donors (Lipinski definition) is 2. The molecular weight excluding hydrogens is 351 g/mol. The summed E-state index contributed by atoms with van der Waals surface area (Å²) >= 11 is 12.0. The predicted molar refractivity (Wildman–Crippen MR) is 94.7 cm³/mol. The molecule has 0 fully saturated rings. The van der Waals surface area contributed by atoms with Crippen LogP contribution < -0.4 is 14.9 Å². The number of methoxy groups -OCH3 is 2. The lowest BCUT2D eigenvalue weighted by atomic mass is 9.98. The molecule has 0 radical (unpaired) electrons. The summed E-state index contributed by atoms with van der Waals surface area (Å²) in [5, 5.41) is 15.1. The quantitative estimate of drug-likeness (QED) is 0.852. The molecule has 3 rings (SSSR count). The lowest BCUT2D eigenvalue weighted by Crippen LogP contribution is -2.11. The standard InChI is InChI=1S/C17H16Cl2N2O3/c1-23-10-3-4-11(16(7-10)24-2)14-8-15(21-20-14)12-5-9(18)6-13(19)17(12)22/h3-7,14,20,22H,8H2,1-2H3/t14-/m0/s1. The molecule has 126 valence electrons. The molecule has 1 aliphatic rings. The first-order valence-electron chi connectivity index (χ1n) is 7.26. The van der Waals surface area contributed by atoms with E-state index in [9.17, 15) is 5.11 Å². The highest BCUT2D eigenvalue weighted by Crippen LogP contribution is 2.37. The molecular formula is C17H16Cl2N2O3. The molecule has 1 atom stereocenters. The first-order chi connectivity index (χ1) is 11.5. The van der Waals surface area contributed by atoms with Crippen molar-refractivity contribution < 1.29 is 14.6 Å². The highest BCUT2D eigenvalue weighted by Gasteiger charge is 2.26. The van der Waals surface area contributed by atoms with Crippen LogP contribution in [0, 0.1) is 0 Å². The van der Waals surface area contributed by atoms with E-state index in [0.29, 0.717) is 34.2 Å². The fourth-order valence-corrected chi connectivity index (χ4v) is 3.18. The Bertz CT molecular complexity index is 809. The van der Waals surface area contributed by atoms with Crippen molar-refractivity contribution in [2.24, 2.45) is 5.10 Å². The summed E-state index contributed by atoms with van der Waals surface area (Å²) in [6, 6.07) is 8.68. The van der Waals surface area contributed by atoms with E-state index < -0.39 is 0 Å². The second-order valence-corrected chi connectivity index (χ2v) is 6.18. The van der Waals surface area contributed by atoms with E-state index in [1.54, 1.807) is 20.3 Å². The van der Waals surface area contributed by atoms with Crippen molar-refractivity contribution in [3.63, 3.8) is 0 Å². The van der Waals surface area contributed by atoms with E-state index in [-0.39, 0.29) is 16.8 Å². The Balaban J connectivity index is 1.88. The van der Waals surface area contributed by atoms with Crippen molar-refractivity contribution in [2.45, 2.75) is 12.5 Å². The summed E-state index contributed by atoms with van der Waals surface area (Å²) in [7, 11) is 3.21. The fraction of sp³-hybridized carbons (Fsp3) is 0.235. The number of rotatable bonds is 4. The molecule has 0 aromatic heterocycles. The molecule has 0 aliphatic carbocycles. The van der Waals surface area contributed by atoms with Gasteiger partial charge in [0.15, 0.2) is 0 Å². The summed E-state index contributed by atoms with van der Waals surface area (Å²) in [5.74, 6) is 1.40. The van der Waals surface area contributed by atoms with Gasteiger partial charge in [-0.2, -0.15) is 5.10 Å². The van der Waals surface area contributed by atoms with Gasteiger partial charge in [-0.3, -0.25) is 0 Å². The Morgan fingerprint density at radius 1 is 1.17 bits per heavy atom. The number of phenolic OH excluding ortho intramolecular Hbond substituents is 1. The summed E-state index contributed by atoms with van der Waals surface area (Å²) < 4.78 is 10.7. The SMILES string of the molecule is COc1ccc([C@@H]2CC(c3cc(Cl)cc(Cl)c3O)=NN2)c(OC)c1. The van der Waals surface area contributed by atoms with Crippen LogP contribution in [0.1, 0.15) is 23.6 Å². The van der Waals surface area contributed by atoms with Gasteiger partial charge < -0.3 is 20.0 Å². The van der Waals surface area contributed by atoms with E-state index in [2.05, 4.69) is 10.5 Å². The number of nitrogens with one attached hydrogen (secondary N) is 1. The van der Waals surface area contributed by atoms with Gasteiger partial charge in [-0.15, -0.1) is 0 Å². The highest BCUT2D eigenvalue weighted by molar-refractivity contribution is 6.36. The molecule has 0 bridgehead atoms. The number of nitrogens with zero attached hydrogens (tertiary/aromatic N) is 1. The fourth-order valence-electron chi connectivity index (χ4n) is 2.68. The van der Waals surface area contributed by atoms with Crippen molar-refractivity contribution in [2.75, 3.05) is 14.2 Å². The summed E-state index contributed by atoms with van der Waals surface area (Å²) in [6.07, 6.45) is 0.562. The maximum atomic E-state index is 10.2. The third-order valence-corrected chi connectivity index (χ3v) is 4.41. The van der Waals surface area contributed by atoms with Gasteiger partial charge in [-0.25, -0.2) is 0 Å². The Kier molecular flexibility index (Phi) is 4.73. The molecule has 0 saturated carbocycles. The first-order valence-corrected chi connectivity index (χ1v) is 8.01. The molecule has 0 saturated heterocycles. The zero-order valence-electron chi connectivity index (χ0n) is 13.1. The monoisotopic (exact) mass is 366 g/mol. The highest BCUT2D eigenvalue weighted by atomic mass is 35.5. The summed E-state index contributed by atoms with van der Waals surface area (Å²) in [5.41, 5.74) is 5.22. The number of hydrazone groups is 1. The molecule has 2 aromatic carbocycles. The second-order valence-electron chi connectivity index (χ2n) is 5.34. The van der Waals surface area contributed by atoms with Gasteiger partial charge in [0.2, 0.25) is 0 Å². The average Bonchev–Trinajstić information content (AvgIpc) is 3.07. The molecule has 0 unspecified atom stereocenters. The lowest BCUT2D eigenvalue weighted by Gasteiger charge is -2.15. The molecule has 0 spiro atoms. The van der Waals surface area contributed by atoms with E-state index >= 15 is 0 Å². The van der Waals surface area contributed by atoms with Crippen LogP contribution in [-0.2, 0) is 0 Å². The zero-order chi connectivity index (χ0) is 17.3. The van der Waals surface area contributed by atoms with E-state index in [4.69, 9.17) is 32.7 Å². The molecule has 5 nitrogen and oxygen atoms in total. The Morgan fingerprint density at radius 2 is 1.96 bits per heavy atom. The third-order valence-electron chi connectivity index (χ3n) is 3.91. The first kappa shape index (κ1) is 16.7. The minimum atomic E-state index is -0.0852. The van der Waals surface area contributed by atoms with Gasteiger partial charge in [0.25, 0.3) is 0 Å². The van der Waals surface area contributed by atoms with E-state index in [1.165, 1.54) is 6.07 Å². The van der Waals surface area contributed by atoms with Gasteiger partial charge in [-0.05, 0) is 24.3 Å². The van der Waals surface area contributed by atoms with Gasteiger partial charge in [0.1, 0.15) is 17.2 Å². The Hall–Kier alpha value is -2.11. The van der Waals surface area contributed by atoms with E-state index in [0.717, 1.165) is 5.56 Å². The molecule has 7 heteroatoms. The van der Waals surface area contributed by atoms with Crippen LogP contribution in [-0.4, -0.2) is 25.0 Å². The van der Waals surface area contributed by atoms with Crippen LogP contribution in [0.2, 0.25) is 10.0 Å². The lowest BCUT2D eigenvalue weighted by molar-refractivity contribution is 0.386. The number of aromatic hydroxyl groups is 1. The summed E-state index contributed by atoms with van der Waals surface area (Å²) in [6.45, 7) is 0. The van der Waals surface area contributed by atoms with Gasteiger partial charge in [-0.1, -0.05) is 23.2 Å². The smallest absolute Gasteiger partial charge is 0.143 e. The number of phenols is 1. The van der Waals surface area contributed by atoms with Crippen molar-refractivity contribution >= 4 is 28.9 Å². The molecule has 2 N–H and O–H groups in total. The Morgan fingerprint density at radius 3 is 2.67 bits per heavy atom. The molecule has 1 heterocycles. The van der Waals surface area contributed by atoms with Crippen molar-refractivity contribution in [1.29, 1.82) is 0 Å². The summed E-state index contributed by atoms with van der Waals surface area (Å²) in [4.78, 5) is 0. The van der Waals surface area contributed by atoms with Crippen LogP contribution in [0.4, 0.5) is 0 Å². The van der Waals surface area contributed by atoms with Crippen LogP contribution in [0.5, 0.6) is 17.2 Å². The van der Waals surface area contributed by atoms with Crippen LogP contribution in [0.25, 0.3) is 0 Å². The minimum Gasteiger partial charge on any atom is -0.506 e. The van der Waals surface area contributed by atoms with Crippen LogP contribution >= 0.6 is 23.2 Å². The zero-order valence-corrected chi connectivity index (χ0v) is 14.6. The predicted octanol–water partition coefficient (Wildman–Crippen LogP) is 4.15. The molecule has 24 heavy (non-hydrogen) atoms. The normalized spacial score (nSPS) is 16.5. The molecule has 2 aromatic rings. The van der Waals surface area contributed by atoms with Crippen molar-refractivity contribution in [3.05, 3.63) is 51.5 Å². The van der Waals surface area contributed by atoms with Crippen LogP contribution in [0.3, 0.4) is 0 Å². The number of halogens is 2. The Labute approximate surface area is 149 Å². The van der Waals surface area contributed by atoms with Crippen molar-refractivity contribution in [3.8, 4) is 17.2 Å². The minimum absolute atomic E-state index is 0.0241. The average molecular weight is 367 g/mol. The van der Waals surface area contributed by atoms with Crippen LogP contribution in [0.15, 0.2) is 35.4 Å². The number of ether oxygens (including phenoxy) is 2. The largest absolute Gasteiger partial charge is 0.506 e. The van der Waals surface area contributed by atoms with Gasteiger partial charge in [0.05, 0.1) is 31.0 Å². The number of hydrogen-bond acceptors (Lipinski definition) is 5. The van der Waals surface area contributed by atoms with Crippen molar-refractivity contribution in [1.82, 2.24) is 5.43 Å². The molecule has 1 aliphatic heterocycles. The van der Waals surface area contributed by atoms with Gasteiger partial charge >= 0.3 is 0 Å². The second kappa shape index (κ2) is 6.79. The van der Waals surface area contributed by atoms with Gasteiger partial charge in [0, 0.05) is 28.6 Å². The van der Waals surface area contributed by atoms with E-state index in [1.807, 2.05) is 18.2 Å². The maximum Gasteiger partial charge on any atom is 0.143 e.